The lowest BCUT2D eigenvalue weighted by molar-refractivity contribution is 0.346. The molecule has 0 aliphatic carbocycles. The summed E-state index contributed by atoms with van der Waals surface area (Å²) >= 11 is 0. The predicted octanol–water partition coefficient (Wildman–Crippen LogP) is 3.37. The van der Waals surface area contributed by atoms with Crippen molar-refractivity contribution in [3.05, 3.63) is 48.3 Å². The lowest BCUT2D eigenvalue weighted by atomic mass is 10.1. The van der Waals surface area contributed by atoms with Crippen molar-refractivity contribution in [2.75, 3.05) is 13.1 Å². The number of hydrogen-bond acceptors (Lipinski definition) is 3. The van der Waals surface area contributed by atoms with Gasteiger partial charge in [-0.15, -0.1) is 0 Å². The number of benzene rings is 2. The number of rotatable bonds is 3. The summed E-state index contributed by atoms with van der Waals surface area (Å²) in [4.78, 5) is 0.259. The monoisotopic (exact) mass is 335 g/mol. The zero-order valence-electron chi connectivity index (χ0n) is 12.6. The molecule has 1 heterocycles. The van der Waals surface area contributed by atoms with Crippen molar-refractivity contribution in [1.82, 2.24) is 4.31 Å². The summed E-state index contributed by atoms with van der Waals surface area (Å²) in [5.74, 6) is -1.11. The molecule has 1 saturated heterocycles. The number of phenols is 1. The number of halogens is 1. The molecule has 0 spiro atoms. The van der Waals surface area contributed by atoms with Gasteiger partial charge in [-0.05, 0) is 48.2 Å². The van der Waals surface area contributed by atoms with Gasteiger partial charge in [0.05, 0.1) is 4.90 Å². The number of piperidine rings is 1. The Hall–Kier alpha value is -1.92. The summed E-state index contributed by atoms with van der Waals surface area (Å²) in [5, 5.41) is 9.44. The second-order valence-corrected chi connectivity index (χ2v) is 7.59. The van der Waals surface area contributed by atoms with Crippen molar-refractivity contribution in [1.29, 1.82) is 0 Å². The SMILES string of the molecule is O=S(=O)(c1ccc(-c2ccc(F)c(O)c2)cc1)N1CCCCC1. The third-order valence-electron chi connectivity index (χ3n) is 4.09. The Balaban J connectivity index is 1.88. The van der Waals surface area contributed by atoms with Gasteiger partial charge in [0, 0.05) is 13.1 Å². The van der Waals surface area contributed by atoms with E-state index in [0.29, 0.717) is 18.7 Å². The predicted molar refractivity (Wildman–Crippen MR) is 86.1 cm³/mol. The number of phenolic OH excluding ortho intramolecular Hbond substituents is 1. The zero-order valence-corrected chi connectivity index (χ0v) is 13.4. The molecule has 1 aliphatic heterocycles. The fourth-order valence-electron chi connectivity index (χ4n) is 2.77. The maximum atomic E-state index is 13.1. The molecule has 1 N–H and O–H groups in total. The van der Waals surface area contributed by atoms with Crippen LogP contribution in [0.15, 0.2) is 47.4 Å². The Morgan fingerprint density at radius 2 is 1.52 bits per heavy atom. The third-order valence-corrected chi connectivity index (χ3v) is 6.00. The van der Waals surface area contributed by atoms with Crippen LogP contribution in [0.3, 0.4) is 0 Å². The fourth-order valence-corrected chi connectivity index (χ4v) is 4.28. The van der Waals surface area contributed by atoms with E-state index in [0.717, 1.165) is 24.8 Å². The van der Waals surface area contributed by atoms with Crippen LogP contribution in [0.2, 0.25) is 0 Å². The molecule has 0 saturated carbocycles. The van der Waals surface area contributed by atoms with Crippen molar-refractivity contribution in [2.45, 2.75) is 24.2 Å². The van der Waals surface area contributed by atoms with E-state index in [1.807, 2.05) is 0 Å². The van der Waals surface area contributed by atoms with Crippen molar-refractivity contribution in [3.63, 3.8) is 0 Å². The molecule has 6 heteroatoms. The average molecular weight is 335 g/mol. The second-order valence-electron chi connectivity index (χ2n) is 5.66. The molecule has 0 aromatic heterocycles. The van der Waals surface area contributed by atoms with Crippen LogP contribution in [-0.4, -0.2) is 30.9 Å². The Bertz CT molecular complexity index is 797. The minimum atomic E-state index is -3.45. The van der Waals surface area contributed by atoms with Crippen LogP contribution >= 0.6 is 0 Å². The molecule has 0 atom stereocenters. The quantitative estimate of drug-likeness (QED) is 0.935. The lowest BCUT2D eigenvalue weighted by Gasteiger charge is -2.25. The smallest absolute Gasteiger partial charge is 0.243 e. The third kappa shape index (κ3) is 3.23. The van der Waals surface area contributed by atoms with Gasteiger partial charge in [-0.3, -0.25) is 0 Å². The van der Waals surface area contributed by atoms with Crippen LogP contribution in [0.4, 0.5) is 4.39 Å². The summed E-state index contributed by atoms with van der Waals surface area (Å²) in [7, 11) is -3.45. The van der Waals surface area contributed by atoms with E-state index < -0.39 is 21.6 Å². The van der Waals surface area contributed by atoms with Gasteiger partial charge >= 0.3 is 0 Å². The van der Waals surface area contributed by atoms with E-state index in [4.69, 9.17) is 0 Å². The van der Waals surface area contributed by atoms with Crippen molar-refractivity contribution >= 4 is 10.0 Å². The van der Waals surface area contributed by atoms with Crippen molar-refractivity contribution < 1.29 is 17.9 Å². The largest absolute Gasteiger partial charge is 0.505 e. The van der Waals surface area contributed by atoms with Gasteiger partial charge in [-0.2, -0.15) is 4.31 Å². The molecule has 0 radical (unpaired) electrons. The van der Waals surface area contributed by atoms with Gasteiger partial charge in [-0.1, -0.05) is 24.6 Å². The highest BCUT2D eigenvalue weighted by molar-refractivity contribution is 7.89. The Labute approximate surface area is 135 Å². The van der Waals surface area contributed by atoms with Gasteiger partial charge < -0.3 is 5.11 Å². The van der Waals surface area contributed by atoms with Gasteiger partial charge in [0.1, 0.15) is 0 Å². The molecule has 4 nitrogen and oxygen atoms in total. The van der Waals surface area contributed by atoms with Crippen LogP contribution in [0.25, 0.3) is 11.1 Å². The van der Waals surface area contributed by atoms with Crippen LogP contribution in [0, 0.1) is 5.82 Å². The molecule has 23 heavy (non-hydrogen) atoms. The highest BCUT2D eigenvalue weighted by Gasteiger charge is 2.25. The van der Waals surface area contributed by atoms with Crippen molar-refractivity contribution in [3.8, 4) is 16.9 Å². The zero-order chi connectivity index (χ0) is 16.4. The summed E-state index contributed by atoms with van der Waals surface area (Å²) in [5.41, 5.74) is 1.35. The van der Waals surface area contributed by atoms with Crippen molar-refractivity contribution in [2.24, 2.45) is 0 Å². The summed E-state index contributed by atoms with van der Waals surface area (Å²) in [6, 6.07) is 10.5. The van der Waals surface area contributed by atoms with E-state index >= 15 is 0 Å². The molecular formula is C17H18FNO3S. The van der Waals surface area contributed by atoms with Gasteiger partial charge in [0.2, 0.25) is 10.0 Å². The standard InChI is InChI=1S/C17H18FNO3S/c18-16-9-6-14(12-17(16)20)13-4-7-15(8-5-13)23(21,22)19-10-2-1-3-11-19/h4-9,12,20H,1-3,10-11H2. The first-order valence-electron chi connectivity index (χ1n) is 7.57. The minimum absolute atomic E-state index is 0.259. The van der Waals surface area contributed by atoms with Gasteiger partial charge in [-0.25, -0.2) is 12.8 Å². The molecule has 0 bridgehead atoms. The molecule has 0 unspecified atom stereocenters. The number of aromatic hydroxyl groups is 1. The van der Waals surface area contributed by atoms with Crippen LogP contribution in [-0.2, 0) is 10.0 Å². The van der Waals surface area contributed by atoms with E-state index in [1.165, 1.54) is 16.4 Å². The molecule has 1 aliphatic rings. The van der Waals surface area contributed by atoms with Crippen LogP contribution in [0.5, 0.6) is 5.75 Å². The van der Waals surface area contributed by atoms with E-state index in [2.05, 4.69) is 0 Å². The molecule has 3 rings (SSSR count). The molecule has 2 aromatic rings. The number of hydrogen-bond donors (Lipinski definition) is 1. The normalized spacial score (nSPS) is 16.4. The van der Waals surface area contributed by atoms with Crippen LogP contribution in [0.1, 0.15) is 19.3 Å². The highest BCUT2D eigenvalue weighted by Crippen LogP contribution is 2.27. The number of nitrogens with zero attached hydrogens (tertiary/aromatic N) is 1. The summed E-state index contributed by atoms with van der Waals surface area (Å²) in [6.07, 6.45) is 2.86. The van der Waals surface area contributed by atoms with E-state index in [-0.39, 0.29) is 4.90 Å². The average Bonchev–Trinajstić information content (AvgIpc) is 2.58. The molecule has 122 valence electrons. The first-order valence-corrected chi connectivity index (χ1v) is 9.01. The summed E-state index contributed by atoms with van der Waals surface area (Å²) < 4.78 is 39.8. The molecule has 1 fully saturated rings. The number of sulfonamides is 1. The first kappa shape index (κ1) is 16.0. The summed E-state index contributed by atoms with van der Waals surface area (Å²) in [6.45, 7) is 1.13. The van der Waals surface area contributed by atoms with Crippen LogP contribution < -0.4 is 0 Å². The molecule has 2 aromatic carbocycles. The highest BCUT2D eigenvalue weighted by atomic mass is 32.2. The fraction of sp³-hybridized carbons (Fsp3) is 0.294. The topological polar surface area (TPSA) is 57.6 Å². The first-order chi connectivity index (χ1) is 11.0. The molecule has 0 amide bonds. The van der Waals surface area contributed by atoms with E-state index in [9.17, 15) is 17.9 Å². The molecular weight excluding hydrogens is 317 g/mol. The van der Waals surface area contributed by atoms with E-state index in [1.54, 1.807) is 30.3 Å². The maximum absolute atomic E-state index is 13.1. The van der Waals surface area contributed by atoms with Gasteiger partial charge in [0.15, 0.2) is 11.6 Å². The second kappa shape index (κ2) is 6.29. The maximum Gasteiger partial charge on any atom is 0.243 e. The van der Waals surface area contributed by atoms with Gasteiger partial charge in [0.25, 0.3) is 0 Å². The Morgan fingerprint density at radius 3 is 2.13 bits per heavy atom. The lowest BCUT2D eigenvalue weighted by Crippen LogP contribution is -2.35. The Morgan fingerprint density at radius 1 is 0.913 bits per heavy atom. The minimum Gasteiger partial charge on any atom is -0.505 e. The Kier molecular flexibility index (Phi) is 4.37.